The van der Waals surface area contributed by atoms with Crippen molar-refractivity contribution < 1.29 is 0 Å². The van der Waals surface area contributed by atoms with Crippen molar-refractivity contribution in [1.29, 1.82) is 0 Å². The van der Waals surface area contributed by atoms with Gasteiger partial charge in [0.2, 0.25) is 5.95 Å². The Balaban J connectivity index is 1.57. The summed E-state index contributed by atoms with van der Waals surface area (Å²) in [5.74, 6) is 6.80. The van der Waals surface area contributed by atoms with Crippen LogP contribution in [0.15, 0.2) is 29.2 Å². The molecule has 0 unspecified atom stereocenters. The summed E-state index contributed by atoms with van der Waals surface area (Å²) in [5.41, 5.74) is 5.37. The number of nitrogens with one attached hydrogen (secondary N) is 1. The molecule has 1 aliphatic heterocycles. The van der Waals surface area contributed by atoms with Gasteiger partial charge in [0.05, 0.1) is 41.7 Å². The van der Waals surface area contributed by atoms with Gasteiger partial charge in [0.25, 0.3) is 5.56 Å². The van der Waals surface area contributed by atoms with Crippen molar-refractivity contribution in [2.75, 3.05) is 31.1 Å². The smallest absolute Gasteiger partial charge is 0.293 e. The van der Waals surface area contributed by atoms with E-state index in [1.165, 1.54) is 4.68 Å². The van der Waals surface area contributed by atoms with E-state index < -0.39 is 0 Å². The van der Waals surface area contributed by atoms with Crippen LogP contribution in [0.4, 0.5) is 5.95 Å². The first-order valence-electron chi connectivity index (χ1n) is 11.1. The first-order chi connectivity index (χ1) is 16.0. The van der Waals surface area contributed by atoms with Gasteiger partial charge < -0.3 is 10.2 Å². The molecule has 168 valence electrons. The number of imidazole rings is 1. The first kappa shape index (κ1) is 21.1. The fourth-order valence-corrected chi connectivity index (χ4v) is 4.15. The Morgan fingerprint density at radius 2 is 1.79 bits per heavy atom. The molecular formula is C24H26N8O. The quantitative estimate of drug-likeness (QED) is 0.480. The number of aryl methyl sites for hydroxylation is 2. The highest BCUT2D eigenvalue weighted by Gasteiger charge is 2.21. The number of piperazine rings is 1. The minimum atomic E-state index is -0.175. The predicted molar refractivity (Wildman–Crippen MR) is 128 cm³/mol. The summed E-state index contributed by atoms with van der Waals surface area (Å²) < 4.78 is 3.41. The molecule has 1 aromatic carbocycles. The number of aromatic nitrogens is 6. The molecule has 3 aromatic heterocycles. The second kappa shape index (κ2) is 8.64. The Kier molecular flexibility index (Phi) is 5.52. The molecule has 9 heteroatoms. The average Bonchev–Trinajstić information content (AvgIpc) is 3.20. The van der Waals surface area contributed by atoms with Crippen LogP contribution < -0.4 is 15.8 Å². The number of rotatable bonds is 4. The second-order valence-electron chi connectivity index (χ2n) is 8.22. The van der Waals surface area contributed by atoms with E-state index in [0.29, 0.717) is 24.1 Å². The zero-order valence-corrected chi connectivity index (χ0v) is 19.1. The summed E-state index contributed by atoms with van der Waals surface area (Å²) >= 11 is 0. The number of anilines is 1. The van der Waals surface area contributed by atoms with Gasteiger partial charge in [-0.25, -0.2) is 19.6 Å². The van der Waals surface area contributed by atoms with Crippen molar-refractivity contribution in [3.05, 3.63) is 51.7 Å². The van der Waals surface area contributed by atoms with Gasteiger partial charge in [-0.1, -0.05) is 12.0 Å². The zero-order valence-electron chi connectivity index (χ0n) is 19.1. The fraction of sp³-hybridized carbons (Fsp3) is 0.375. The minimum absolute atomic E-state index is 0.175. The number of fused-ring (bicyclic) bond motifs is 2. The maximum Gasteiger partial charge on any atom is 0.293 e. The van der Waals surface area contributed by atoms with Crippen LogP contribution in [0, 0.1) is 25.7 Å². The number of nitrogens with zero attached hydrogens (tertiary/aromatic N) is 7. The molecule has 33 heavy (non-hydrogen) atoms. The summed E-state index contributed by atoms with van der Waals surface area (Å²) in [5, 5.41) is 7.77. The van der Waals surface area contributed by atoms with E-state index in [1.807, 2.05) is 36.6 Å². The molecule has 4 heterocycles. The molecule has 1 aliphatic rings. The third-order valence-corrected chi connectivity index (χ3v) is 6.02. The monoisotopic (exact) mass is 442 g/mol. The molecule has 0 saturated carbocycles. The maximum atomic E-state index is 13.5. The molecular weight excluding hydrogens is 416 g/mol. The largest absolute Gasteiger partial charge is 0.340 e. The van der Waals surface area contributed by atoms with Gasteiger partial charge in [-0.3, -0.25) is 9.36 Å². The van der Waals surface area contributed by atoms with Crippen molar-refractivity contribution in [2.24, 2.45) is 0 Å². The lowest BCUT2D eigenvalue weighted by molar-refractivity contribution is 0.572. The lowest BCUT2D eigenvalue weighted by Crippen LogP contribution is -2.44. The highest BCUT2D eigenvalue weighted by molar-refractivity contribution is 5.77. The van der Waals surface area contributed by atoms with Gasteiger partial charge >= 0.3 is 0 Å². The average molecular weight is 443 g/mol. The van der Waals surface area contributed by atoms with Crippen LogP contribution in [0.3, 0.4) is 0 Å². The first-order valence-corrected chi connectivity index (χ1v) is 11.1. The van der Waals surface area contributed by atoms with Crippen LogP contribution in [0.2, 0.25) is 0 Å². The van der Waals surface area contributed by atoms with E-state index >= 15 is 0 Å². The van der Waals surface area contributed by atoms with Crippen LogP contribution in [-0.4, -0.2) is 55.5 Å². The lowest BCUT2D eigenvalue weighted by atomic mass is 10.2. The summed E-state index contributed by atoms with van der Waals surface area (Å²) in [7, 11) is 0. The van der Waals surface area contributed by atoms with Gasteiger partial charge in [0.1, 0.15) is 11.0 Å². The summed E-state index contributed by atoms with van der Waals surface area (Å²) in [4.78, 5) is 29.7. The topological polar surface area (TPSA) is 93.8 Å². The molecule has 5 rings (SSSR count). The SMILES string of the molecule is CC#CCn1c(N2CCNCC2)nc2cnn(Cc3ccc4nc(C)c(C)nc4c3)c(=O)c21. The minimum Gasteiger partial charge on any atom is -0.340 e. The van der Waals surface area contributed by atoms with Crippen molar-refractivity contribution >= 4 is 28.0 Å². The highest BCUT2D eigenvalue weighted by atomic mass is 16.1. The second-order valence-corrected chi connectivity index (χ2v) is 8.22. The molecule has 1 N–H and O–H groups in total. The third-order valence-electron chi connectivity index (χ3n) is 6.02. The number of hydrogen-bond donors (Lipinski definition) is 1. The Labute approximate surface area is 191 Å². The summed E-state index contributed by atoms with van der Waals surface area (Å²) in [6, 6.07) is 5.88. The molecule has 0 amide bonds. The van der Waals surface area contributed by atoms with E-state index in [2.05, 4.69) is 37.1 Å². The fourth-order valence-electron chi connectivity index (χ4n) is 4.15. The van der Waals surface area contributed by atoms with Gasteiger partial charge in [0.15, 0.2) is 0 Å². The normalized spacial score (nSPS) is 14.0. The van der Waals surface area contributed by atoms with Crippen molar-refractivity contribution in [3.8, 4) is 11.8 Å². The molecule has 0 bridgehead atoms. The van der Waals surface area contributed by atoms with E-state index in [9.17, 15) is 4.79 Å². The van der Waals surface area contributed by atoms with Crippen molar-refractivity contribution in [2.45, 2.75) is 33.9 Å². The molecule has 1 fully saturated rings. The van der Waals surface area contributed by atoms with Gasteiger partial charge in [-0.15, -0.1) is 5.92 Å². The van der Waals surface area contributed by atoms with Crippen LogP contribution >= 0.6 is 0 Å². The number of benzene rings is 1. The van der Waals surface area contributed by atoms with E-state index in [0.717, 1.165) is 60.1 Å². The maximum absolute atomic E-state index is 13.5. The number of hydrogen-bond acceptors (Lipinski definition) is 7. The van der Waals surface area contributed by atoms with Crippen LogP contribution in [-0.2, 0) is 13.1 Å². The van der Waals surface area contributed by atoms with E-state index in [4.69, 9.17) is 4.98 Å². The predicted octanol–water partition coefficient (Wildman–Crippen LogP) is 1.63. The molecule has 0 atom stereocenters. The van der Waals surface area contributed by atoms with Gasteiger partial charge in [-0.05, 0) is 38.5 Å². The Hall–Kier alpha value is -3.77. The van der Waals surface area contributed by atoms with Gasteiger partial charge in [0, 0.05) is 26.2 Å². The van der Waals surface area contributed by atoms with Crippen molar-refractivity contribution in [1.82, 2.24) is 34.6 Å². The van der Waals surface area contributed by atoms with E-state index in [1.54, 1.807) is 13.1 Å². The van der Waals surface area contributed by atoms with E-state index in [-0.39, 0.29) is 5.56 Å². The molecule has 0 spiro atoms. The molecule has 0 radical (unpaired) electrons. The Bertz CT molecular complexity index is 1470. The van der Waals surface area contributed by atoms with Crippen LogP contribution in [0.1, 0.15) is 23.9 Å². The van der Waals surface area contributed by atoms with Crippen molar-refractivity contribution in [3.63, 3.8) is 0 Å². The van der Waals surface area contributed by atoms with Crippen LogP contribution in [0.25, 0.3) is 22.1 Å². The molecule has 9 nitrogen and oxygen atoms in total. The summed E-state index contributed by atoms with van der Waals surface area (Å²) in [6.45, 7) is 9.89. The Morgan fingerprint density at radius 3 is 2.55 bits per heavy atom. The third kappa shape index (κ3) is 3.94. The highest BCUT2D eigenvalue weighted by Crippen LogP contribution is 2.21. The molecule has 0 aliphatic carbocycles. The van der Waals surface area contributed by atoms with Crippen LogP contribution in [0.5, 0.6) is 0 Å². The summed E-state index contributed by atoms with van der Waals surface area (Å²) in [6.07, 6.45) is 1.67. The molecule has 4 aromatic rings. The lowest BCUT2D eigenvalue weighted by Gasteiger charge is -2.28. The molecule has 1 saturated heterocycles. The standard InChI is InChI=1S/C24H26N8O/c1-4-5-10-31-22-21(29-24(31)30-11-8-25-9-12-30)14-26-32(23(22)33)15-18-6-7-19-20(13-18)28-17(3)16(2)27-19/h6-7,13-14,25H,8-12,15H2,1-3H3. The van der Waals surface area contributed by atoms with Gasteiger partial charge in [-0.2, -0.15) is 5.10 Å². The Morgan fingerprint density at radius 1 is 1.03 bits per heavy atom. The zero-order chi connectivity index (χ0) is 22.9.